The molecule has 0 bridgehead atoms. The molecule has 0 radical (unpaired) electrons. The highest BCUT2D eigenvalue weighted by molar-refractivity contribution is 5.42. The molecule has 2 nitrogen and oxygen atoms in total. The van der Waals surface area contributed by atoms with E-state index in [1.54, 1.807) is 0 Å². The van der Waals surface area contributed by atoms with Gasteiger partial charge in [0.1, 0.15) is 11.9 Å². The Balaban J connectivity index is 2.06. The number of rotatable bonds is 6. The first-order valence-corrected chi connectivity index (χ1v) is 7.45. The summed E-state index contributed by atoms with van der Waals surface area (Å²) in [6.07, 6.45) is 2.90. The summed E-state index contributed by atoms with van der Waals surface area (Å²) in [5.41, 5.74) is 3.85. The van der Waals surface area contributed by atoms with Crippen LogP contribution in [-0.2, 0) is 0 Å². The number of benzene rings is 1. The molecule has 2 heteroatoms. The molecule has 19 heavy (non-hydrogen) atoms. The van der Waals surface area contributed by atoms with Crippen molar-refractivity contribution in [2.24, 2.45) is 5.92 Å². The van der Waals surface area contributed by atoms with Crippen LogP contribution >= 0.6 is 0 Å². The minimum absolute atomic E-state index is 0.250. The van der Waals surface area contributed by atoms with E-state index in [1.165, 1.54) is 29.5 Å². The maximum atomic E-state index is 6.28. The van der Waals surface area contributed by atoms with E-state index in [-0.39, 0.29) is 6.10 Å². The summed E-state index contributed by atoms with van der Waals surface area (Å²) in [6, 6.07) is 5.12. The molecule has 1 aliphatic carbocycles. The lowest BCUT2D eigenvalue weighted by Crippen LogP contribution is -2.36. The Bertz CT molecular complexity index is 435. The molecule has 1 unspecified atom stereocenters. The zero-order valence-corrected chi connectivity index (χ0v) is 12.9. The third kappa shape index (κ3) is 3.97. The fourth-order valence-corrected chi connectivity index (χ4v) is 2.27. The standard InChI is InChI=1S/C17H27NO/c1-11(2)17(10-18-15-6-7-15)19-16-9-12(3)8-13(4)14(16)5/h8-9,11,15,17-18H,6-7,10H2,1-5H3. The van der Waals surface area contributed by atoms with Crippen molar-refractivity contribution in [3.05, 3.63) is 28.8 Å². The van der Waals surface area contributed by atoms with Gasteiger partial charge in [-0.3, -0.25) is 0 Å². The Labute approximate surface area is 117 Å². The summed E-state index contributed by atoms with van der Waals surface area (Å²) in [6.45, 7) is 11.9. The molecule has 1 aromatic carbocycles. The van der Waals surface area contributed by atoms with Gasteiger partial charge >= 0.3 is 0 Å². The molecular formula is C17H27NO. The van der Waals surface area contributed by atoms with E-state index in [1.807, 2.05) is 0 Å². The van der Waals surface area contributed by atoms with Crippen LogP contribution in [0.3, 0.4) is 0 Å². The number of hydrogen-bond donors (Lipinski definition) is 1. The van der Waals surface area contributed by atoms with Gasteiger partial charge in [-0.25, -0.2) is 0 Å². The van der Waals surface area contributed by atoms with Gasteiger partial charge in [-0.15, -0.1) is 0 Å². The van der Waals surface area contributed by atoms with Crippen molar-refractivity contribution in [2.45, 2.75) is 59.6 Å². The summed E-state index contributed by atoms with van der Waals surface area (Å²) in [7, 11) is 0. The van der Waals surface area contributed by atoms with E-state index in [0.717, 1.165) is 18.3 Å². The fraction of sp³-hybridized carbons (Fsp3) is 0.647. The van der Waals surface area contributed by atoms with Crippen LogP contribution < -0.4 is 10.1 Å². The van der Waals surface area contributed by atoms with Gasteiger partial charge in [0.2, 0.25) is 0 Å². The van der Waals surface area contributed by atoms with Gasteiger partial charge in [-0.2, -0.15) is 0 Å². The molecule has 0 spiro atoms. The molecule has 1 atom stereocenters. The van der Waals surface area contributed by atoms with Crippen LogP contribution in [0, 0.1) is 26.7 Å². The molecule has 1 fully saturated rings. The fourth-order valence-electron chi connectivity index (χ4n) is 2.27. The lowest BCUT2D eigenvalue weighted by molar-refractivity contribution is 0.147. The van der Waals surface area contributed by atoms with E-state index < -0.39 is 0 Å². The molecule has 1 aliphatic rings. The maximum absolute atomic E-state index is 6.28. The van der Waals surface area contributed by atoms with Crippen molar-refractivity contribution in [1.82, 2.24) is 5.32 Å². The third-order valence-electron chi connectivity index (χ3n) is 3.97. The van der Waals surface area contributed by atoms with Crippen LogP contribution in [0.2, 0.25) is 0 Å². The van der Waals surface area contributed by atoms with E-state index in [9.17, 15) is 0 Å². The molecule has 1 N–H and O–H groups in total. The number of ether oxygens (including phenoxy) is 1. The summed E-state index contributed by atoms with van der Waals surface area (Å²) in [5, 5.41) is 3.58. The number of nitrogens with one attached hydrogen (secondary N) is 1. The van der Waals surface area contributed by atoms with Crippen LogP contribution in [0.5, 0.6) is 5.75 Å². The quantitative estimate of drug-likeness (QED) is 0.841. The Morgan fingerprint density at radius 3 is 2.47 bits per heavy atom. The van der Waals surface area contributed by atoms with Crippen LogP contribution in [0.15, 0.2) is 12.1 Å². The van der Waals surface area contributed by atoms with Crippen molar-refractivity contribution in [2.75, 3.05) is 6.54 Å². The van der Waals surface area contributed by atoms with Gasteiger partial charge in [-0.05, 0) is 62.3 Å². The number of hydrogen-bond acceptors (Lipinski definition) is 2. The molecule has 2 rings (SSSR count). The molecule has 106 valence electrons. The van der Waals surface area contributed by atoms with Gasteiger partial charge in [0.05, 0.1) is 0 Å². The minimum atomic E-state index is 0.250. The van der Waals surface area contributed by atoms with Crippen LogP contribution in [0.4, 0.5) is 0 Å². The Kier molecular flexibility index (Phi) is 4.51. The minimum Gasteiger partial charge on any atom is -0.489 e. The normalized spacial score (nSPS) is 16.7. The summed E-state index contributed by atoms with van der Waals surface area (Å²) in [4.78, 5) is 0. The largest absolute Gasteiger partial charge is 0.489 e. The van der Waals surface area contributed by atoms with E-state index in [4.69, 9.17) is 4.74 Å². The smallest absolute Gasteiger partial charge is 0.123 e. The average molecular weight is 261 g/mol. The lowest BCUT2D eigenvalue weighted by Gasteiger charge is -2.25. The molecule has 0 saturated heterocycles. The molecular weight excluding hydrogens is 234 g/mol. The van der Waals surface area contributed by atoms with Crippen LogP contribution in [0.25, 0.3) is 0 Å². The van der Waals surface area contributed by atoms with Crippen LogP contribution in [0.1, 0.15) is 43.4 Å². The predicted octanol–water partition coefficient (Wildman–Crippen LogP) is 3.77. The molecule has 0 aromatic heterocycles. The summed E-state index contributed by atoms with van der Waals surface area (Å²) >= 11 is 0. The monoisotopic (exact) mass is 261 g/mol. The SMILES string of the molecule is Cc1cc(C)c(C)c(OC(CNC2CC2)C(C)C)c1. The van der Waals surface area contributed by atoms with Crippen molar-refractivity contribution < 1.29 is 4.74 Å². The highest BCUT2D eigenvalue weighted by Gasteiger charge is 2.24. The highest BCUT2D eigenvalue weighted by Crippen LogP contribution is 2.26. The van der Waals surface area contributed by atoms with Gasteiger partial charge in [-0.1, -0.05) is 19.9 Å². The zero-order chi connectivity index (χ0) is 14.0. The van der Waals surface area contributed by atoms with Gasteiger partial charge in [0, 0.05) is 12.6 Å². The first-order valence-electron chi connectivity index (χ1n) is 7.45. The first kappa shape index (κ1) is 14.4. The average Bonchev–Trinajstić information content (AvgIpc) is 3.13. The second-order valence-corrected chi connectivity index (χ2v) is 6.29. The van der Waals surface area contributed by atoms with Crippen LogP contribution in [-0.4, -0.2) is 18.7 Å². The summed E-state index contributed by atoms with van der Waals surface area (Å²) in [5.74, 6) is 1.57. The molecule has 0 heterocycles. The molecule has 1 saturated carbocycles. The second kappa shape index (κ2) is 5.96. The van der Waals surface area contributed by atoms with Gasteiger partial charge in [0.15, 0.2) is 0 Å². The number of aryl methyl sites for hydroxylation is 2. The topological polar surface area (TPSA) is 21.3 Å². The van der Waals surface area contributed by atoms with E-state index in [2.05, 4.69) is 52.1 Å². The third-order valence-corrected chi connectivity index (χ3v) is 3.97. The van der Waals surface area contributed by atoms with Gasteiger partial charge < -0.3 is 10.1 Å². The first-order chi connectivity index (χ1) is 8.97. The Morgan fingerprint density at radius 1 is 1.21 bits per heavy atom. The molecule has 1 aromatic rings. The van der Waals surface area contributed by atoms with Crippen molar-refractivity contribution in [3.63, 3.8) is 0 Å². The van der Waals surface area contributed by atoms with E-state index >= 15 is 0 Å². The molecule has 0 amide bonds. The Morgan fingerprint density at radius 2 is 1.89 bits per heavy atom. The highest BCUT2D eigenvalue weighted by atomic mass is 16.5. The molecule has 0 aliphatic heterocycles. The Hall–Kier alpha value is -1.02. The van der Waals surface area contributed by atoms with Gasteiger partial charge in [0.25, 0.3) is 0 Å². The van der Waals surface area contributed by atoms with E-state index in [0.29, 0.717) is 5.92 Å². The lowest BCUT2D eigenvalue weighted by atomic mass is 10.0. The second-order valence-electron chi connectivity index (χ2n) is 6.29. The summed E-state index contributed by atoms with van der Waals surface area (Å²) < 4.78 is 6.28. The predicted molar refractivity (Wildman–Crippen MR) is 80.9 cm³/mol. The zero-order valence-electron chi connectivity index (χ0n) is 12.9. The maximum Gasteiger partial charge on any atom is 0.123 e. The van der Waals surface area contributed by atoms with Crippen molar-refractivity contribution in [3.8, 4) is 5.75 Å². The van der Waals surface area contributed by atoms with Crippen molar-refractivity contribution >= 4 is 0 Å². The van der Waals surface area contributed by atoms with Crippen molar-refractivity contribution in [1.29, 1.82) is 0 Å².